The van der Waals surface area contributed by atoms with Gasteiger partial charge >= 0.3 is 0 Å². The molecular formula is C18H24N2O4. The second-order valence-electron chi connectivity index (χ2n) is 6.61. The number of hydrogen-bond acceptors (Lipinski definition) is 4. The van der Waals surface area contributed by atoms with Crippen LogP contribution in [0.15, 0.2) is 18.2 Å². The van der Waals surface area contributed by atoms with Crippen molar-refractivity contribution in [1.82, 2.24) is 10.2 Å². The van der Waals surface area contributed by atoms with Gasteiger partial charge in [0.1, 0.15) is 13.2 Å². The number of carbonyl (C=O) groups is 2. The van der Waals surface area contributed by atoms with Crippen molar-refractivity contribution in [3.63, 3.8) is 0 Å². The molecule has 0 bridgehead atoms. The molecule has 0 saturated carbocycles. The van der Waals surface area contributed by atoms with Crippen LogP contribution < -0.4 is 14.8 Å². The number of benzene rings is 1. The number of nitrogens with zero attached hydrogens (tertiary/aromatic N) is 1. The lowest BCUT2D eigenvalue weighted by molar-refractivity contribution is -0.126. The average Bonchev–Trinajstić information content (AvgIpc) is 2.60. The van der Waals surface area contributed by atoms with E-state index in [1.165, 1.54) is 0 Å². The molecule has 6 nitrogen and oxygen atoms in total. The van der Waals surface area contributed by atoms with Gasteiger partial charge in [0.05, 0.1) is 5.92 Å². The van der Waals surface area contributed by atoms with Gasteiger partial charge in [0.2, 0.25) is 5.91 Å². The molecule has 0 aliphatic carbocycles. The minimum Gasteiger partial charge on any atom is -0.486 e. The van der Waals surface area contributed by atoms with Crippen LogP contribution in [0.25, 0.3) is 0 Å². The highest BCUT2D eigenvalue weighted by Gasteiger charge is 2.29. The van der Waals surface area contributed by atoms with E-state index in [1.54, 1.807) is 23.1 Å². The molecule has 130 valence electrons. The van der Waals surface area contributed by atoms with Crippen molar-refractivity contribution in [1.29, 1.82) is 0 Å². The van der Waals surface area contributed by atoms with E-state index in [0.717, 1.165) is 12.8 Å². The standard InChI is InChI=1S/C18H24N2O4/c1-12(2)19-17(21)14-4-3-7-20(11-14)18(22)13-5-6-15-16(10-13)24-9-8-23-15/h5-6,10,12,14H,3-4,7-9,11H2,1-2H3,(H,19,21). The van der Waals surface area contributed by atoms with E-state index < -0.39 is 0 Å². The van der Waals surface area contributed by atoms with Crippen LogP contribution in [0.4, 0.5) is 0 Å². The quantitative estimate of drug-likeness (QED) is 0.917. The summed E-state index contributed by atoms with van der Waals surface area (Å²) in [5.41, 5.74) is 0.573. The van der Waals surface area contributed by atoms with Crippen molar-refractivity contribution in [3.8, 4) is 11.5 Å². The van der Waals surface area contributed by atoms with Crippen molar-refractivity contribution in [3.05, 3.63) is 23.8 Å². The molecule has 3 rings (SSSR count). The van der Waals surface area contributed by atoms with Gasteiger partial charge in [0.25, 0.3) is 5.91 Å². The third-order valence-electron chi connectivity index (χ3n) is 4.30. The number of piperidine rings is 1. The molecule has 1 atom stereocenters. The maximum atomic E-state index is 12.8. The SMILES string of the molecule is CC(C)NC(=O)C1CCCN(C(=O)c2ccc3c(c2)OCCO3)C1. The molecule has 1 unspecified atom stereocenters. The second kappa shape index (κ2) is 7.11. The van der Waals surface area contributed by atoms with Crippen LogP contribution in [0, 0.1) is 5.92 Å². The number of nitrogens with one attached hydrogen (secondary N) is 1. The first-order valence-electron chi connectivity index (χ1n) is 8.54. The number of likely N-dealkylation sites (tertiary alicyclic amines) is 1. The zero-order valence-electron chi connectivity index (χ0n) is 14.2. The van der Waals surface area contributed by atoms with Crippen LogP contribution in [0.1, 0.15) is 37.0 Å². The van der Waals surface area contributed by atoms with Crippen molar-refractivity contribution in [2.75, 3.05) is 26.3 Å². The summed E-state index contributed by atoms with van der Waals surface area (Å²) in [5.74, 6) is 1.12. The summed E-state index contributed by atoms with van der Waals surface area (Å²) >= 11 is 0. The Morgan fingerprint density at radius 3 is 2.71 bits per heavy atom. The monoisotopic (exact) mass is 332 g/mol. The number of fused-ring (bicyclic) bond motifs is 1. The highest BCUT2D eigenvalue weighted by Crippen LogP contribution is 2.31. The summed E-state index contributed by atoms with van der Waals surface area (Å²) < 4.78 is 11.0. The Balaban J connectivity index is 1.69. The first kappa shape index (κ1) is 16.6. The topological polar surface area (TPSA) is 67.9 Å². The largest absolute Gasteiger partial charge is 0.486 e. The van der Waals surface area contributed by atoms with Crippen LogP contribution in [0.3, 0.4) is 0 Å². The van der Waals surface area contributed by atoms with Crippen LogP contribution in [0.5, 0.6) is 11.5 Å². The summed E-state index contributed by atoms with van der Waals surface area (Å²) in [7, 11) is 0. The summed E-state index contributed by atoms with van der Waals surface area (Å²) in [6.45, 7) is 6.05. The molecule has 1 aromatic rings. The second-order valence-corrected chi connectivity index (χ2v) is 6.61. The van der Waals surface area contributed by atoms with Gasteiger partial charge < -0.3 is 19.7 Å². The molecule has 24 heavy (non-hydrogen) atoms. The van der Waals surface area contributed by atoms with Crippen LogP contribution in [0.2, 0.25) is 0 Å². The third kappa shape index (κ3) is 3.63. The Bertz CT molecular complexity index is 629. The smallest absolute Gasteiger partial charge is 0.254 e. The first-order valence-corrected chi connectivity index (χ1v) is 8.54. The lowest BCUT2D eigenvalue weighted by Gasteiger charge is -2.32. The number of amides is 2. The Morgan fingerprint density at radius 1 is 1.21 bits per heavy atom. The summed E-state index contributed by atoms with van der Waals surface area (Å²) in [6.07, 6.45) is 1.66. The van der Waals surface area contributed by atoms with Crippen molar-refractivity contribution < 1.29 is 19.1 Å². The highest BCUT2D eigenvalue weighted by molar-refractivity contribution is 5.95. The molecule has 1 N–H and O–H groups in total. The van der Waals surface area contributed by atoms with E-state index in [1.807, 2.05) is 13.8 Å². The van der Waals surface area contributed by atoms with Crippen molar-refractivity contribution in [2.24, 2.45) is 5.92 Å². The maximum Gasteiger partial charge on any atom is 0.254 e. The van der Waals surface area contributed by atoms with Gasteiger partial charge in [-0.25, -0.2) is 0 Å². The number of carbonyl (C=O) groups excluding carboxylic acids is 2. The molecule has 1 fully saturated rings. The van der Waals surface area contributed by atoms with E-state index in [9.17, 15) is 9.59 Å². The molecule has 1 aromatic carbocycles. The van der Waals surface area contributed by atoms with Crippen molar-refractivity contribution >= 4 is 11.8 Å². The molecule has 2 aliphatic heterocycles. The van der Waals surface area contributed by atoms with Gasteiger partial charge in [-0.2, -0.15) is 0 Å². The molecule has 2 amide bonds. The normalized spacial score (nSPS) is 20.0. The zero-order valence-corrected chi connectivity index (χ0v) is 14.2. The number of hydrogen-bond donors (Lipinski definition) is 1. The van der Waals surface area contributed by atoms with Crippen molar-refractivity contribution in [2.45, 2.75) is 32.7 Å². The Labute approximate surface area is 142 Å². The fraction of sp³-hybridized carbons (Fsp3) is 0.556. The van der Waals surface area contributed by atoms with E-state index in [-0.39, 0.29) is 23.8 Å². The first-order chi connectivity index (χ1) is 11.5. The van der Waals surface area contributed by atoms with Gasteiger partial charge in [-0.05, 0) is 44.9 Å². The molecular weight excluding hydrogens is 308 g/mol. The summed E-state index contributed by atoms with van der Waals surface area (Å²) in [6, 6.07) is 5.37. The molecule has 0 aromatic heterocycles. The molecule has 0 spiro atoms. The Hall–Kier alpha value is -2.24. The lowest BCUT2D eigenvalue weighted by Crippen LogP contribution is -2.46. The van der Waals surface area contributed by atoms with Crippen LogP contribution >= 0.6 is 0 Å². The molecule has 2 aliphatic rings. The minimum absolute atomic E-state index is 0.0321. The fourth-order valence-corrected chi connectivity index (χ4v) is 3.14. The average molecular weight is 332 g/mol. The third-order valence-corrected chi connectivity index (χ3v) is 4.30. The number of ether oxygens (including phenoxy) is 2. The van der Waals surface area contributed by atoms with E-state index in [4.69, 9.17) is 9.47 Å². The fourth-order valence-electron chi connectivity index (χ4n) is 3.14. The van der Waals surface area contributed by atoms with E-state index in [2.05, 4.69) is 5.32 Å². The van der Waals surface area contributed by atoms with Gasteiger partial charge in [-0.1, -0.05) is 0 Å². The predicted molar refractivity (Wildman–Crippen MR) is 89.3 cm³/mol. The zero-order chi connectivity index (χ0) is 17.1. The maximum absolute atomic E-state index is 12.8. The van der Waals surface area contributed by atoms with Gasteiger partial charge in [0, 0.05) is 24.7 Å². The molecule has 1 saturated heterocycles. The van der Waals surface area contributed by atoms with Gasteiger partial charge in [-0.3, -0.25) is 9.59 Å². The van der Waals surface area contributed by atoms with Gasteiger partial charge in [0.15, 0.2) is 11.5 Å². The van der Waals surface area contributed by atoms with E-state index >= 15 is 0 Å². The van der Waals surface area contributed by atoms with Gasteiger partial charge in [-0.15, -0.1) is 0 Å². The lowest BCUT2D eigenvalue weighted by atomic mass is 9.96. The highest BCUT2D eigenvalue weighted by atomic mass is 16.6. The summed E-state index contributed by atoms with van der Waals surface area (Å²) in [5, 5.41) is 2.94. The van der Waals surface area contributed by atoms with Crippen LogP contribution in [-0.2, 0) is 4.79 Å². The minimum atomic E-state index is -0.137. The Morgan fingerprint density at radius 2 is 1.96 bits per heavy atom. The summed E-state index contributed by atoms with van der Waals surface area (Å²) in [4.78, 5) is 26.8. The molecule has 6 heteroatoms. The molecule has 2 heterocycles. The Kier molecular flexibility index (Phi) is 4.92. The van der Waals surface area contributed by atoms with Crippen LogP contribution in [-0.4, -0.2) is 49.1 Å². The molecule has 0 radical (unpaired) electrons. The number of rotatable bonds is 3. The predicted octanol–water partition coefficient (Wildman–Crippen LogP) is 1.83. The van der Waals surface area contributed by atoms with E-state index in [0.29, 0.717) is 43.4 Å².